The zero-order valence-electron chi connectivity index (χ0n) is 12.0. The molecule has 0 spiro atoms. The van der Waals surface area contributed by atoms with Gasteiger partial charge in [0.25, 0.3) is 0 Å². The van der Waals surface area contributed by atoms with Crippen molar-refractivity contribution in [2.24, 2.45) is 5.73 Å². The zero-order valence-corrected chi connectivity index (χ0v) is 12.9. The van der Waals surface area contributed by atoms with Crippen LogP contribution in [0.2, 0.25) is 0 Å². The van der Waals surface area contributed by atoms with E-state index in [0.29, 0.717) is 0 Å². The predicted octanol–water partition coefficient (Wildman–Crippen LogP) is 3.36. The number of nitrogens with zero attached hydrogens (tertiary/aromatic N) is 2. The van der Waals surface area contributed by atoms with E-state index in [9.17, 15) is 0 Å². The molecule has 2 aromatic rings. The average molecular weight is 287 g/mol. The smallest absolute Gasteiger partial charge is 0.138 e. The summed E-state index contributed by atoms with van der Waals surface area (Å²) in [5.41, 5.74) is 8.30. The normalized spacial score (nSPS) is 12.3. The lowest BCUT2D eigenvalue weighted by molar-refractivity contribution is 0.634. The molecular formula is C16H21N3S. The average Bonchev–Trinajstić information content (AvgIpc) is 2.47. The first-order valence-electron chi connectivity index (χ1n) is 6.94. The number of thioether (sulfide) groups is 1. The number of nitrogens with two attached hydrogens (primary N) is 1. The zero-order chi connectivity index (χ0) is 14.4. The maximum absolute atomic E-state index is 5.97. The minimum atomic E-state index is 0.182. The van der Waals surface area contributed by atoms with Crippen molar-refractivity contribution in [3.8, 4) is 0 Å². The third kappa shape index (κ3) is 4.32. The Bertz CT molecular complexity index is 557. The molecule has 1 unspecified atom stereocenters. The lowest BCUT2D eigenvalue weighted by Gasteiger charge is -2.09. The Morgan fingerprint density at radius 2 is 2.05 bits per heavy atom. The highest BCUT2D eigenvalue weighted by molar-refractivity contribution is 7.98. The van der Waals surface area contributed by atoms with Crippen molar-refractivity contribution >= 4 is 11.8 Å². The summed E-state index contributed by atoms with van der Waals surface area (Å²) in [6, 6.07) is 10.5. The second-order valence-electron chi connectivity index (χ2n) is 4.89. The summed E-state index contributed by atoms with van der Waals surface area (Å²) in [4.78, 5) is 10.2. The number of rotatable bonds is 6. The molecule has 1 aromatic heterocycles. The van der Waals surface area contributed by atoms with Crippen LogP contribution in [0.15, 0.2) is 41.4 Å². The maximum Gasteiger partial charge on any atom is 0.138 e. The van der Waals surface area contributed by atoms with Gasteiger partial charge in [-0.3, -0.25) is 0 Å². The molecule has 0 aliphatic rings. The summed E-state index contributed by atoms with van der Waals surface area (Å²) >= 11 is 1.78. The van der Waals surface area contributed by atoms with Gasteiger partial charge in [0.2, 0.25) is 0 Å². The van der Waals surface area contributed by atoms with Crippen molar-refractivity contribution in [1.29, 1.82) is 0 Å². The molecule has 3 nitrogen and oxygen atoms in total. The molecule has 2 N–H and O–H groups in total. The quantitative estimate of drug-likeness (QED) is 0.828. The van der Waals surface area contributed by atoms with Crippen LogP contribution in [0.25, 0.3) is 0 Å². The van der Waals surface area contributed by atoms with Crippen molar-refractivity contribution in [1.82, 2.24) is 9.97 Å². The number of aryl methyl sites for hydroxylation is 1. The summed E-state index contributed by atoms with van der Waals surface area (Å²) in [6.45, 7) is 4.22. The molecule has 0 fully saturated rings. The monoisotopic (exact) mass is 287 g/mol. The van der Waals surface area contributed by atoms with Gasteiger partial charge in [0.15, 0.2) is 0 Å². The summed E-state index contributed by atoms with van der Waals surface area (Å²) in [5.74, 6) is 1.67. The number of hydrogen-bond acceptors (Lipinski definition) is 4. The highest BCUT2D eigenvalue weighted by atomic mass is 32.2. The summed E-state index contributed by atoms with van der Waals surface area (Å²) < 4.78 is 0. The van der Waals surface area contributed by atoms with E-state index >= 15 is 0 Å². The lowest BCUT2D eigenvalue weighted by Crippen LogP contribution is -2.22. The van der Waals surface area contributed by atoms with E-state index < -0.39 is 0 Å². The number of hydrogen-bond donors (Lipinski definition) is 1. The van der Waals surface area contributed by atoms with E-state index in [1.54, 1.807) is 11.8 Å². The fourth-order valence-electron chi connectivity index (χ4n) is 1.90. The molecule has 0 aliphatic heterocycles. The molecule has 0 saturated carbocycles. The molecule has 20 heavy (non-hydrogen) atoms. The first kappa shape index (κ1) is 15.0. The van der Waals surface area contributed by atoms with Crippen molar-refractivity contribution in [3.05, 3.63) is 53.6 Å². The van der Waals surface area contributed by atoms with E-state index in [4.69, 9.17) is 5.73 Å². The van der Waals surface area contributed by atoms with E-state index in [1.165, 1.54) is 10.5 Å². The molecule has 4 heteroatoms. The minimum absolute atomic E-state index is 0.182. The van der Waals surface area contributed by atoms with Crippen LogP contribution < -0.4 is 5.73 Å². The van der Waals surface area contributed by atoms with Gasteiger partial charge in [0.05, 0.1) is 5.75 Å². The van der Waals surface area contributed by atoms with E-state index in [2.05, 4.69) is 48.1 Å². The van der Waals surface area contributed by atoms with Crippen molar-refractivity contribution in [3.63, 3.8) is 0 Å². The van der Waals surface area contributed by atoms with Crippen LogP contribution in [0.1, 0.15) is 30.4 Å². The van der Waals surface area contributed by atoms with Gasteiger partial charge in [-0.05, 0) is 31.0 Å². The lowest BCUT2D eigenvalue weighted by atomic mass is 10.1. The van der Waals surface area contributed by atoms with Gasteiger partial charge in [-0.15, -0.1) is 11.8 Å². The Morgan fingerprint density at radius 1 is 1.25 bits per heavy atom. The molecule has 106 valence electrons. The summed E-state index contributed by atoms with van der Waals surface area (Å²) in [5, 5.41) is 0. The molecule has 0 bridgehead atoms. The van der Waals surface area contributed by atoms with E-state index in [0.717, 1.165) is 30.1 Å². The first-order valence-corrected chi connectivity index (χ1v) is 7.92. The van der Waals surface area contributed by atoms with Gasteiger partial charge in [0, 0.05) is 29.2 Å². The molecule has 1 heterocycles. The topological polar surface area (TPSA) is 51.8 Å². The van der Waals surface area contributed by atoms with Gasteiger partial charge in [-0.25, -0.2) is 9.97 Å². The van der Waals surface area contributed by atoms with Crippen molar-refractivity contribution in [2.75, 3.05) is 0 Å². The second-order valence-corrected chi connectivity index (χ2v) is 5.91. The van der Waals surface area contributed by atoms with Gasteiger partial charge in [-0.2, -0.15) is 0 Å². The Balaban J connectivity index is 2.00. The van der Waals surface area contributed by atoms with Crippen LogP contribution in [-0.4, -0.2) is 16.0 Å². The van der Waals surface area contributed by atoms with Crippen molar-refractivity contribution in [2.45, 2.75) is 43.4 Å². The SMILES string of the molecule is CCC(N)Cc1ccnc(CSc2ccccc2C)n1. The predicted molar refractivity (Wildman–Crippen MR) is 84.7 cm³/mol. The Hall–Kier alpha value is -1.39. The molecule has 2 rings (SSSR count). The summed E-state index contributed by atoms with van der Waals surface area (Å²) in [7, 11) is 0. The summed E-state index contributed by atoms with van der Waals surface area (Å²) in [6.07, 6.45) is 3.62. The minimum Gasteiger partial charge on any atom is -0.327 e. The van der Waals surface area contributed by atoms with Crippen LogP contribution in [0.5, 0.6) is 0 Å². The third-order valence-electron chi connectivity index (χ3n) is 3.21. The molecule has 0 amide bonds. The largest absolute Gasteiger partial charge is 0.327 e. The van der Waals surface area contributed by atoms with Gasteiger partial charge < -0.3 is 5.73 Å². The molecule has 0 aliphatic carbocycles. The molecule has 0 radical (unpaired) electrons. The van der Waals surface area contributed by atoms with Crippen LogP contribution in [-0.2, 0) is 12.2 Å². The third-order valence-corrected chi connectivity index (χ3v) is 4.38. The standard InChI is InChI=1S/C16H21N3S/c1-3-13(17)10-14-8-9-18-16(19-14)11-20-15-7-5-4-6-12(15)2/h4-9,13H,3,10-11,17H2,1-2H3. The fourth-order valence-corrected chi connectivity index (χ4v) is 2.79. The van der Waals surface area contributed by atoms with E-state index in [1.807, 2.05) is 12.3 Å². The van der Waals surface area contributed by atoms with Gasteiger partial charge >= 0.3 is 0 Å². The Morgan fingerprint density at radius 3 is 2.80 bits per heavy atom. The molecule has 1 atom stereocenters. The fraction of sp³-hybridized carbons (Fsp3) is 0.375. The van der Waals surface area contributed by atoms with Crippen LogP contribution in [0, 0.1) is 6.92 Å². The van der Waals surface area contributed by atoms with Crippen LogP contribution in [0.4, 0.5) is 0 Å². The second kappa shape index (κ2) is 7.41. The highest BCUT2D eigenvalue weighted by Gasteiger charge is 2.06. The van der Waals surface area contributed by atoms with E-state index in [-0.39, 0.29) is 6.04 Å². The molecule has 1 aromatic carbocycles. The Kier molecular flexibility index (Phi) is 5.56. The van der Waals surface area contributed by atoms with Gasteiger partial charge in [-0.1, -0.05) is 25.1 Å². The Labute approximate surface area is 125 Å². The van der Waals surface area contributed by atoms with Crippen molar-refractivity contribution < 1.29 is 0 Å². The van der Waals surface area contributed by atoms with Crippen LogP contribution >= 0.6 is 11.8 Å². The van der Waals surface area contributed by atoms with Crippen LogP contribution in [0.3, 0.4) is 0 Å². The van der Waals surface area contributed by atoms with Gasteiger partial charge in [0.1, 0.15) is 5.82 Å². The molecule has 0 saturated heterocycles. The number of aromatic nitrogens is 2. The number of benzene rings is 1. The highest BCUT2D eigenvalue weighted by Crippen LogP contribution is 2.24. The maximum atomic E-state index is 5.97. The molecular weight excluding hydrogens is 266 g/mol. The first-order chi connectivity index (χ1) is 9.69.